The topological polar surface area (TPSA) is 95.5 Å². The summed E-state index contributed by atoms with van der Waals surface area (Å²) in [6, 6.07) is 4.68. The van der Waals surface area contributed by atoms with Crippen molar-refractivity contribution in [2.24, 2.45) is 29.6 Å². The van der Waals surface area contributed by atoms with E-state index in [2.05, 4.69) is 10.6 Å². The Morgan fingerprint density at radius 2 is 1.85 bits per heavy atom. The van der Waals surface area contributed by atoms with Gasteiger partial charge in [0.05, 0.1) is 22.4 Å². The molecule has 0 heterocycles. The predicted octanol–water partition coefficient (Wildman–Crippen LogP) is 3.19. The van der Waals surface area contributed by atoms with E-state index in [4.69, 9.17) is 11.6 Å². The van der Waals surface area contributed by atoms with Gasteiger partial charge in [-0.1, -0.05) is 37.6 Å². The van der Waals surface area contributed by atoms with Crippen LogP contribution in [0.25, 0.3) is 0 Å². The molecule has 0 radical (unpaired) electrons. The quantitative estimate of drug-likeness (QED) is 0.650. The highest BCUT2D eigenvalue weighted by molar-refractivity contribution is 6.34. The highest BCUT2D eigenvalue weighted by Gasteiger charge is 2.51. The first-order chi connectivity index (χ1) is 12.8. The van der Waals surface area contributed by atoms with Crippen molar-refractivity contribution in [3.8, 4) is 0 Å². The van der Waals surface area contributed by atoms with Crippen LogP contribution in [0.1, 0.15) is 30.6 Å². The number of amides is 2. The molecule has 144 valence electrons. The molecule has 6 nitrogen and oxygen atoms in total. The minimum absolute atomic E-state index is 0.0485. The van der Waals surface area contributed by atoms with Crippen molar-refractivity contribution in [1.82, 2.24) is 5.32 Å². The number of allylic oxidation sites excluding steroid dienone is 2. The smallest absolute Gasteiger partial charge is 0.307 e. The zero-order chi connectivity index (χ0) is 19.7. The van der Waals surface area contributed by atoms with Crippen molar-refractivity contribution in [2.75, 3.05) is 11.9 Å². The van der Waals surface area contributed by atoms with Crippen molar-refractivity contribution in [3.05, 3.63) is 40.9 Å². The minimum Gasteiger partial charge on any atom is -0.481 e. The normalized spacial score (nSPS) is 25.6. The summed E-state index contributed by atoms with van der Waals surface area (Å²) in [5.41, 5.74) is 0.780. The van der Waals surface area contributed by atoms with Crippen LogP contribution in [0, 0.1) is 29.6 Å². The number of carboxylic acid groups (broad SMARTS) is 1. The summed E-state index contributed by atoms with van der Waals surface area (Å²) in [6.07, 6.45) is 4.53. The molecule has 0 saturated heterocycles. The maximum Gasteiger partial charge on any atom is 0.307 e. The lowest BCUT2D eigenvalue weighted by molar-refractivity contribution is -0.146. The average Bonchev–Trinajstić information content (AvgIpc) is 3.20. The zero-order valence-corrected chi connectivity index (χ0v) is 16.0. The largest absolute Gasteiger partial charge is 0.481 e. The Balaban J connectivity index is 1.70. The molecule has 2 aliphatic rings. The molecule has 0 aromatic heterocycles. The van der Waals surface area contributed by atoms with Gasteiger partial charge in [-0.3, -0.25) is 14.4 Å². The number of hydrogen-bond acceptors (Lipinski definition) is 3. The summed E-state index contributed by atoms with van der Waals surface area (Å²) >= 11 is 6.21. The van der Waals surface area contributed by atoms with E-state index in [1.165, 1.54) is 6.07 Å². The van der Waals surface area contributed by atoms with Crippen LogP contribution in [0.15, 0.2) is 30.4 Å². The van der Waals surface area contributed by atoms with Crippen LogP contribution in [0.5, 0.6) is 0 Å². The van der Waals surface area contributed by atoms with Gasteiger partial charge in [0.2, 0.25) is 5.91 Å². The molecular formula is C20H23ClN2O4. The van der Waals surface area contributed by atoms with E-state index in [0.717, 1.165) is 0 Å². The summed E-state index contributed by atoms with van der Waals surface area (Å²) < 4.78 is 0. The molecule has 1 aromatic rings. The van der Waals surface area contributed by atoms with E-state index >= 15 is 0 Å². The third-order valence-corrected chi connectivity index (χ3v) is 5.51. The Morgan fingerprint density at radius 1 is 1.19 bits per heavy atom. The first-order valence-corrected chi connectivity index (χ1v) is 9.45. The number of hydrogen-bond donors (Lipinski definition) is 3. The Bertz CT molecular complexity index is 805. The van der Waals surface area contributed by atoms with Gasteiger partial charge in [0.15, 0.2) is 0 Å². The van der Waals surface area contributed by atoms with Gasteiger partial charge in [0.25, 0.3) is 5.91 Å². The van der Waals surface area contributed by atoms with Crippen molar-refractivity contribution >= 4 is 35.1 Å². The average molecular weight is 391 g/mol. The fourth-order valence-electron chi connectivity index (χ4n) is 3.91. The fraction of sp³-hybridized carbons (Fsp3) is 0.450. The number of carboxylic acids is 1. The first-order valence-electron chi connectivity index (χ1n) is 9.07. The van der Waals surface area contributed by atoms with Gasteiger partial charge in [0.1, 0.15) is 0 Å². The lowest BCUT2D eigenvalue weighted by Gasteiger charge is -2.24. The van der Waals surface area contributed by atoms with E-state index in [9.17, 15) is 19.5 Å². The lowest BCUT2D eigenvalue weighted by Crippen LogP contribution is -2.36. The van der Waals surface area contributed by atoms with Gasteiger partial charge in [-0.25, -0.2) is 0 Å². The van der Waals surface area contributed by atoms with Crippen molar-refractivity contribution in [2.45, 2.75) is 20.3 Å². The van der Waals surface area contributed by atoms with E-state index in [1.807, 2.05) is 26.0 Å². The van der Waals surface area contributed by atoms with Crippen LogP contribution < -0.4 is 10.6 Å². The van der Waals surface area contributed by atoms with Gasteiger partial charge in [-0.2, -0.15) is 0 Å². The Hall–Kier alpha value is -2.34. The van der Waals surface area contributed by atoms with Gasteiger partial charge in [-0.05, 0) is 42.4 Å². The molecule has 3 N–H and O–H groups in total. The molecule has 0 aliphatic heterocycles. The zero-order valence-electron chi connectivity index (χ0n) is 15.2. The molecule has 1 fully saturated rings. The molecule has 1 aromatic carbocycles. The second kappa shape index (κ2) is 7.72. The van der Waals surface area contributed by atoms with Gasteiger partial charge >= 0.3 is 5.97 Å². The maximum absolute atomic E-state index is 12.7. The summed E-state index contributed by atoms with van der Waals surface area (Å²) in [4.78, 5) is 36.4. The number of rotatable bonds is 6. The highest BCUT2D eigenvalue weighted by Crippen LogP contribution is 2.48. The number of benzene rings is 1. The predicted molar refractivity (Wildman–Crippen MR) is 103 cm³/mol. The van der Waals surface area contributed by atoms with Crippen molar-refractivity contribution in [3.63, 3.8) is 0 Å². The SMILES string of the molecule is CC(C)CNC(=O)c1ccc(NC(=O)[C@@H]2[C@H](C(=O)O)[C@H]3C=C[C@H]2C3)cc1Cl. The molecule has 0 unspecified atom stereocenters. The van der Waals surface area contributed by atoms with E-state index in [1.54, 1.807) is 12.1 Å². The maximum atomic E-state index is 12.7. The number of fused-ring (bicyclic) bond motifs is 2. The van der Waals surface area contributed by atoms with E-state index in [0.29, 0.717) is 30.1 Å². The fourth-order valence-corrected chi connectivity index (χ4v) is 4.18. The van der Waals surface area contributed by atoms with Crippen LogP contribution in [0.3, 0.4) is 0 Å². The third kappa shape index (κ3) is 4.00. The van der Waals surface area contributed by atoms with Crippen molar-refractivity contribution < 1.29 is 19.5 Å². The van der Waals surface area contributed by atoms with Crippen LogP contribution in [0.4, 0.5) is 5.69 Å². The Morgan fingerprint density at radius 3 is 2.44 bits per heavy atom. The molecular weight excluding hydrogens is 368 g/mol. The van der Waals surface area contributed by atoms with Gasteiger partial charge < -0.3 is 15.7 Å². The van der Waals surface area contributed by atoms with Crippen LogP contribution in [-0.2, 0) is 9.59 Å². The summed E-state index contributed by atoms with van der Waals surface area (Å²) in [5, 5.41) is 15.3. The van der Waals surface area contributed by atoms with Crippen LogP contribution in [-0.4, -0.2) is 29.4 Å². The molecule has 2 aliphatic carbocycles. The molecule has 3 rings (SSSR count). The molecule has 2 bridgehead atoms. The summed E-state index contributed by atoms with van der Waals surface area (Å²) in [6.45, 7) is 4.54. The molecule has 27 heavy (non-hydrogen) atoms. The number of anilines is 1. The summed E-state index contributed by atoms with van der Waals surface area (Å²) in [7, 11) is 0. The van der Waals surface area contributed by atoms with Crippen molar-refractivity contribution in [1.29, 1.82) is 0 Å². The monoisotopic (exact) mass is 390 g/mol. The number of carbonyl (C=O) groups excluding carboxylic acids is 2. The standard InChI is InChI=1S/C20H23ClN2O4/c1-10(2)9-22-18(24)14-6-5-13(8-15(14)21)23-19(25)16-11-3-4-12(7-11)17(16)20(26)27/h3-6,8,10-12,16-17H,7,9H2,1-2H3,(H,22,24)(H,23,25)(H,26,27)/t11-,12-,16-,17+/m0/s1. The number of nitrogens with one attached hydrogen (secondary N) is 2. The number of carbonyl (C=O) groups is 3. The summed E-state index contributed by atoms with van der Waals surface area (Å²) in [5.74, 6) is -2.64. The van der Waals surface area contributed by atoms with Crippen LogP contribution >= 0.6 is 11.6 Å². The Labute approximate surface area is 163 Å². The minimum atomic E-state index is -0.942. The van der Waals surface area contributed by atoms with E-state index in [-0.39, 0.29) is 28.7 Å². The molecule has 1 saturated carbocycles. The molecule has 7 heteroatoms. The van der Waals surface area contributed by atoms with Crippen LogP contribution in [0.2, 0.25) is 5.02 Å². The number of aliphatic carboxylic acids is 1. The Kier molecular flexibility index (Phi) is 5.56. The third-order valence-electron chi connectivity index (χ3n) is 5.20. The first kappa shape index (κ1) is 19.4. The second-order valence-electron chi connectivity index (χ2n) is 7.63. The van der Waals surface area contributed by atoms with E-state index < -0.39 is 17.8 Å². The molecule has 2 amide bonds. The number of halogens is 1. The second-order valence-corrected chi connectivity index (χ2v) is 8.03. The molecule has 0 spiro atoms. The van der Waals surface area contributed by atoms with Gasteiger partial charge in [0, 0.05) is 12.2 Å². The van der Waals surface area contributed by atoms with Gasteiger partial charge in [-0.15, -0.1) is 0 Å². The molecule has 4 atom stereocenters. The highest BCUT2D eigenvalue weighted by atomic mass is 35.5. The lowest BCUT2D eigenvalue weighted by atomic mass is 9.82.